The van der Waals surface area contributed by atoms with Crippen LogP contribution in [-0.4, -0.2) is 47.7 Å². The van der Waals surface area contributed by atoms with Crippen LogP contribution in [0.5, 0.6) is 5.88 Å². The van der Waals surface area contributed by atoms with E-state index in [0.29, 0.717) is 5.95 Å². The maximum Gasteiger partial charge on any atom is 0.255 e. The average Bonchev–Trinajstić information content (AvgIpc) is 2.42. The highest BCUT2D eigenvalue weighted by Crippen LogP contribution is 2.20. The summed E-state index contributed by atoms with van der Waals surface area (Å²) >= 11 is 0. The number of piperidine rings is 1. The molecule has 19 heavy (non-hydrogen) atoms. The SMILES string of the molecule is CCCNc1ncc(F)c(OC2CCN(C)CC2)n1. The molecule has 6 heteroatoms. The second-order valence-corrected chi connectivity index (χ2v) is 4.89. The Labute approximate surface area is 113 Å². The zero-order valence-electron chi connectivity index (χ0n) is 11.5. The maximum atomic E-state index is 13.6. The van der Waals surface area contributed by atoms with Crippen LogP contribution in [0, 0.1) is 5.82 Å². The van der Waals surface area contributed by atoms with Crippen LogP contribution in [0.4, 0.5) is 10.3 Å². The Morgan fingerprint density at radius 1 is 1.47 bits per heavy atom. The molecule has 1 fully saturated rings. The highest BCUT2D eigenvalue weighted by atomic mass is 19.1. The van der Waals surface area contributed by atoms with E-state index in [4.69, 9.17) is 4.74 Å². The fourth-order valence-electron chi connectivity index (χ4n) is 2.02. The van der Waals surface area contributed by atoms with E-state index in [2.05, 4.69) is 27.2 Å². The van der Waals surface area contributed by atoms with Gasteiger partial charge in [-0.25, -0.2) is 4.98 Å². The number of anilines is 1. The molecule has 1 aromatic rings. The normalized spacial score (nSPS) is 17.4. The molecule has 0 amide bonds. The quantitative estimate of drug-likeness (QED) is 0.884. The number of likely N-dealkylation sites (tertiary alicyclic amines) is 1. The van der Waals surface area contributed by atoms with Crippen molar-refractivity contribution in [2.75, 3.05) is 32.0 Å². The van der Waals surface area contributed by atoms with Gasteiger partial charge in [0, 0.05) is 19.6 Å². The minimum Gasteiger partial charge on any atom is -0.472 e. The average molecular weight is 268 g/mol. The number of hydrogen-bond acceptors (Lipinski definition) is 5. The molecule has 1 aromatic heterocycles. The molecule has 0 atom stereocenters. The molecule has 0 spiro atoms. The maximum absolute atomic E-state index is 13.6. The predicted molar refractivity (Wildman–Crippen MR) is 71.9 cm³/mol. The fourth-order valence-corrected chi connectivity index (χ4v) is 2.02. The van der Waals surface area contributed by atoms with Crippen LogP contribution in [0.2, 0.25) is 0 Å². The van der Waals surface area contributed by atoms with Crippen molar-refractivity contribution in [2.45, 2.75) is 32.3 Å². The van der Waals surface area contributed by atoms with Gasteiger partial charge in [0.1, 0.15) is 6.10 Å². The van der Waals surface area contributed by atoms with Crippen LogP contribution in [0.1, 0.15) is 26.2 Å². The topological polar surface area (TPSA) is 50.3 Å². The molecule has 106 valence electrons. The van der Waals surface area contributed by atoms with Gasteiger partial charge in [-0.2, -0.15) is 9.37 Å². The largest absolute Gasteiger partial charge is 0.472 e. The molecule has 1 saturated heterocycles. The van der Waals surface area contributed by atoms with E-state index < -0.39 is 5.82 Å². The lowest BCUT2D eigenvalue weighted by molar-refractivity contribution is 0.105. The molecule has 0 radical (unpaired) electrons. The van der Waals surface area contributed by atoms with E-state index >= 15 is 0 Å². The van der Waals surface area contributed by atoms with Gasteiger partial charge in [0.2, 0.25) is 11.8 Å². The number of ether oxygens (including phenoxy) is 1. The number of hydrogen-bond donors (Lipinski definition) is 1. The highest BCUT2D eigenvalue weighted by Gasteiger charge is 2.20. The van der Waals surface area contributed by atoms with Crippen LogP contribution in [0.25, 0.3) is 0 Å². The highest BCUT2D eigenvalue weighted by molar-refractivity contribution is 5.28. The third kappa shape index (κ3) is 4.02. The summed E-state index contributed by atoms with van der Waals surface area (Å²) in [4.78, 5) is 10.2. The van der Waals surface area contributed by atoms with Gasteiger partial charge in [-0.1, -0.05) is 6.92 Å². The summed E-state index contributed by atoms with van der Waals surface area (Å²) in [6.07, 6.45) is 3.97. The number of rotatable bonds is 5. The van der Waals surface area contributed by atoms with Crippen LogP contribution in [0.15, 0.2) is 6.20 Å². The molecule has 0 bridgehead atoms. The van der Waals surface area contributed by atoms with E-state index in [0.717, 1.165) is 45.1 Å². The van der Waals surface area contributed by atoms with Gasteiger partial charge in [0.25, 0.3) is 5.88 Å². The smallest absolute Gasteiger partial charge is 0.255 e. The molecule has 1 aliphatic heterocycles. The zero-order valence-corrected chi connectivity index (χ0v) is 11.5. The van der Waals surface area contributed by atoms with E-state index in [-0.39, 0.29) is 12.0 Å². The molecule has 1 N–H and O–H groups in total. The molecule has 2 heterocycles. The lowest BCUT2D eigenvalue weighted by atomic mass is 10.1. The summed E-state index contributed by atoms with van der Waals surface area (Å²) in [6.45, 7) is 4.75. The van der Waals surface area contributed by atoms with Gasteiger partial charge >= 0.3 is 0 Å². The minimum atomic E-state index is -0.499. The van der Waals surface area contributed by atoms with Gasteiger partial charge in [0.05, 0.1) is 6.20 Å². The third-order valence-electron chi connectivity index (χ3n) is 3.19. The molecular formula is C13H21FN4O. The fraction of sp³-hybridized carbons (Fsp3) is 0.692. The Balaban J connectivity index is 1.98. The molecular weight excluding hydrogens is 247 g/mol. The van der Waals surface area contributed by atoms with E-state index in [9.17, 15) is 4.39 Å². The first-order chi connectivity index (χ1) is 9.19. The van der Waals surface area contributed by atoms with Crippen molar-refractivity contribution < 1.29 is 9.13 Å². The summed E-state index contributed by atoms with van der Waals surface area (Å²) in [5.41, 5.74) is 0. The van der Waals surface area contributed by atoms with Gasteiger partial charge in [-0.15, -0.1) is 0 Å². The van der Waals surface area contributed by atoms with E-state index in [1.54, 1.807) is 0 Å². The first kappa shape index (κ1) is 14.0. The van der Waals surface area contributed by atoms with Crippen molar-refractivity contribution in [3.8, 4) is 5.88 Å². The lowest BCUT2D eigenvalue weighted by Crippen LogP contribution is -2.36. The summed E-state index contributed by atoms with van der Waals surface area (Å²) < 4.78 is 19.3. The van der Waals surface area contributed by atoms with Gasteiger partial charge in [-0.3, -0.25) is 0 Å². The third-order valence-corrected chi connectivity index (χ3v) is 3.19. The summed E-state index contributed by atoms with van der Waals surface area (Å²) in [6, 6.07) is 0. The molecule has 2 rings (SSSR count). The van der Waals surface area contributed by atoms with Gasteiger partial charge in [0.15, 0.2) is 0 Å². The molecule has 0 aliphatic carbocycles. The minimum absolute atomic E-state index is 0.0413. The Hall–Kier alpha value is -1.43. The molecule has 5 nitrogen and oxygen atoms in total. The predicted octanol–water partition coefficient (Wildman–Crippen LogP) is 1.91. The van der Waals surface area contributed by atoms with Crippen molar-refractivity contribution in [3.63, 3.8) is 0 Å². The Morgan fingerprint density at radius 3 is 2.89 bits per heavy atom. The summed E-state index contributed by atoms with van der Waals surface area (Å²) in [5.74, 6) is -0.0182. The van der Waals surface area contributed by atoms with Crippen molar-refractivity contribution in [2.24, 2.45) is 0 Å². The van der Waals surface area contributed by atoms with Crippen LogP contribution in [-0.2, 0) is 0 Å². The Morgan fingerprint density at radius 2 is 2.21 bits per heavy atom. The van der Waals surface area contributed by atoms with Crippen molar-refractivity contribution >= 4 is 5.95 Å². The molecule has 0 unspecified atom stereocenters. The summed E-state index contributed by atoms with van der Waals surface area (Å²) in [7, 11) is 2.08. The van der Waals surface area contributed by atoms with E-state index in [1.807, 2.05) is 6.92 Å². The summed E-state index contributed by atoms with van der Waals surface area (Å²) in [5, 5.41) is 3.03. The molecule has 0 aromatic carbocycles. The monoisotopic (exact) mass is 268 g/mol. The number of halogens is 1. The number of aromatic nitrogens is 2. The molecule has 1 aliphatic rings. The Kier molecular flexibility index (Phi) is 4.90. The Bertz CT molecular complexity index is 408. The van der Waals surface area contributed by atoms with Crippen LogP contribution in [0.3, 0.4) is 0 Å². The van der Waals surface area contributed by atoms with Crippen molar-refractivity contribution in [1.82, 2.24) is 14.9 Å². The van der Waals surface area contributed by atoms with Crippen molar-refractivity contribution in [3.05, 3.63) is 12.0 Å². The van der Waals surface area contributed by atoms with E-state index in [1.165, 1.54) is 0 Å². The van der Waals surface area contributed by atoms with Crippen molar-refractivity contribution in [1.29, 1.82) is 0 Å². The van der Waals surface area contributed by atoms with Gasteiger partial charge in [-0.05, 0) is 26.3 Å². The number of nitrogens with zero attached hydrogens (tertiary/aromatic N) is 3. The lowest BCUT2D eigenvalue weighted by Gasteiger charge is -2.28. The van der Waals surface area contributed by atoms with Crippen LogP contribution < -0.4 is 10.1 Å². The van der Waals surface area contributed by atoms with Crippen LogP contribution >= 0.6 is 0 Å². The number of nitrogens with one attached hydrogen (secondary N) is 1. The molecule has 0 saturated carbocycles. The second kappa shape index (κ2) is 6.65. The zero-order chi connectivity index (χ0) is 13.7. The standard InChI is InChI=1S/C13H21FN4O/c1-3-6-15-13-16-9-11(14)12(17-13)19-10-4-7-18(2)8-5-10/h9-10H,3-8H2,1-2H3,(H,15,16,17). The second-order valence-electron chi connectivity index (χ2n) is 4.89. The first-order valence-electron chi connectivity index (χ1n) is 6.80. The first-order valence-corrected chi connectivity index (χ1v) is 6.80. The van der Waals surface area contributed by atoms with Gasteiger partial charge < -0.3 is 15.0 Å².